The Morgan fingerprint density at radius 1 is 1.21 bits per heavy atom. The number of rotatable bonds is 6. The van der Waals surface area contributed by atoms with Gasteiger partial charge in [-0.15, -0.1) is 11.8 Å². The Morgan fingerprint density at radius 3 is 2.71 bits per heavy atom. The molecule has 1 N–H and O–H groups in total. The number of carbonyl (C=O) groups excluding carboxylic acids is 1. The van der Waals surface area contributed by atoms with E-state index in [0.29, 0.717) is 33.6 Å². The molecule has 0 unspecified atom stereocenters. The molecule has 0 aliphatic heterocycles. The molecule has 3 aromatic rings. The predicted octanol–water partition coefficient (Wildman–Crippen LogP) is 5.10. The van der Waals surface area contributed by atoms with Crippen LogP contribution in [-0.4, -0.2) is 21.6 Å². The average molecular weight is 409 g/mol. The van der Waals surface area contributed by atoms with E-state index in [4.69, 9.17) is 11.6 Å². The van der Waals surface area contributed by atoms with E-state index in [1.165, 1.54) is 11.8 Å². The zero-order valence-electron chi connectivity index (χ0n) is 15.1. The first-order valence-corrected chi connectivity index (χ1v) is 9.94. The van der Waals surface area contributed by atoms with Crippen LogP contribution in [0.3, 0.4) is 0 Å². The molecule has 2 heterocycles. The summed E-state index contributed by atoms with van der Waals surface area (Å²) in [6.07, 6.45) is 1.93. The van der Waals surface area contributed by atoms with Crippen LogP contribution in [0.25, 0.3) is 11.3 Å². The van der Waals surface area contributed by atoms with Crippen molar-refractivity contribution in [1.82, 2.24) is 9.97 Å². The van der Waals surface area contributed by atoms with Crippen LogP contribution in [0.2, 0.25) is 5.02 Å². The highest BCUT2D eigenvalue weighted by Crippen LogP contribution is 2.26. The lowest BCUT2D eigenvalue weighted by Crippen LogP contribution is -2.14. The highest BCUT2D eigenvalue weighted by Gasteiger charge is 2.10. The maximum absolute atomic E-state index is 12.2. The summed E-state index contributed by atoms with van der Waals surface area (Å²) in [4.78, 5) is 20.9. The zero-order valence-corrected chi connectivity index (χ0v) is 16.7. The first kappa shape index (κ1) is 19.9. The molecule has 0 radical (unpaired) electrons. The fraction of sp³-hybridized carbons (Fsp3) is 0.143. The van der Waals surface area contributed by atoms with Crippen LogP contribution in [0.1, 0.15) is 17.5 Å². The van der Waals surface area contributed by atoms with Gasteiger partial charge in [0, 0.05) is 29.0 Å². The molecular formula is C21H17ClN4OS. The number of hydrogen-bond acceptors (Lipinski definition) is 5. The monoisotopic (exact) mass is 408 g/mol. The molecule has 0 spiro atoms. The molecular weight excluding hydrogens is 392 g/mol. The molecule has 0 aliphatic carbocycles. The third-order valence-corrected chi connectivity index (χ3v) is 5.20. The lowest BCUT2D eigenvalue weighted by molar-refractivity contribution is -0.115. The number of nitrogens with zero attached hydrogens (tertiary/aromatic N) is 3. The average Bonchev–Trinajstić information content (AvgIpc) is 2.70. The third kappa shape index (κ3) is 5.10. The first-order valence-electron chi connectivity index (χ1n) is 8.58. The van der Waals surface area contributed by atoms with E-state index in [9.17, 15) is 10.1 Å². The Kier molecular flexibility index (Phi) is 6.64. The number of pyridine rings is 2. The highest BCUT2D eigenvalue weighted by molar-refractivity contribution is 7.99. The van der Waals surface area contributed by atoms with Crippen LogP contribution in [0.5, 0.6) is 0 Å². The second kappa shape index (κ2) is 9.36. The lowest BCUT2D eigenvalue weighted by atomic mass is 10.1. The molecule has 2 aromatic heterocycles. The fourth-order valence-electron chi connectivity index (χ4n) is 2.47. The van der Waals surface area contributed by atoms with Gasteiger partial charge in [0.15, 0.2) is 0 Å². The molecule has 0 saturated carbocycles. The molecule has 0 fully saturated rings. The maximum Gasteiger partial charge on any atom is 0.226 e. The van der Waals surface area contributed by atoms with Gasteiger partial charge in [0.1, 0.15) is 16.9 Å². The van der Waals surface area contributed by atoms with E-state index in [-0.39, 0.29) is 5.91 Å². The Balaban J connectivity index is 1.65. The van der Waals surface area contributed by atoms with Gasteiger partial charge in [-0.3, -0.25) is 4.79 Å². The first-order chi connectivity index (χ1) is 13.6. The van der Waals surface area contributed by atoms with Crippen molar-refractivity contribution in [2.24, 2.45) is 0 Å². The number of nitrogens with one attached hydrogen (secondary N) is 1. The molecule has 0 bridgehead atoms. The standard InChI is InChI=1S/C21H17ClN4OS/c1-14-3-2-11-24-20(14)26-19(27)10-12-28-21-16(13-23)6-9-18(25-21)15-4-7-17(22)8-5-15/h2-9,11H,10,12H2,1H3,(H,24,26,27). The Hall–Kier alpha value is -2.88. The largest absolute Gasteiger partial charge is 0.310 e. The number of hydrogen-bond donors (Lipinski definition) is 1. The number of aromatic nitrogens is 2. The summed E-state index contributed by atoms with van der Waals surface area (Å²) in [6.45, 7) is 1.89. The van der Waals surface area contributed by atoms with Crippen LogP contribution in [0, 0.1) is 18.3 Å². The third-order valence-electron chi connectivity index (χ3n) is 3.96. The topological polar surface area (TPSA) is 78.7 Å². The summed E-state index contributed by atoms with van der Waals surface area (Å²) in [6, 6.07) is 16.8. The van der Waals surface area contributed by atoms with Gasteiger partial charge in [0.2, 0.25) is 5.91 Å². The van der Waals surface area contributed by atoms with Crippen LogP contribution in [0.15, 0.2) is 59.8 Å². The number of nitriles is 1. The van der Waals surface area contributed by atoms with E-state index in [2.05, 4.69) is 21.4 Å². The molecule has 0 saturated heterocycles. The fourth-order valence-corrected chi connectivity index (χ4v) is 3.51. The molecule has 0 aliphatic rings. The van der Waals surface area contributed by atoms with Crippen molar-refractivity contribution < 1.29 is 4.79 Å². The van der Waals surface area contributed by atoms with Crippen molar-refractivity contribution in [3.05, 3.63) is 70.9 Å². The van der Waals surface area contributed by atoms with Crippen molar-refractivity contribution in [2.45, 2.75) is 18.4 Å². The quantitative estimate of drug-likeness (QED) is 0.574. The second-order valence-electron chi connectivity index (χ2n) is 5.98. The second-order valence-corrected chi connectivity index (χ2v) is 7.50. The summed E-state index contributed by atoms with van der Waals surface area (Å²) in [5.41, 5.74) is 3.07. The van der Waals surface area contributed by atoms with Crippen LogP contribution in [0.4, 0.5) is 5.82 Å². The number of amides is 1. The number of thioether (sulfide) groups is 1. The zero-order chi connectivity index (χ0) is 19.9. The van der Waals surface area contributed by atoms with E-state index < -0.39 is 0 Å². The van der Waals surface area contributed by atoms with Gasteiger partial charge in [-0.25, -0.2) is 9.97 Å². The van der Waals surface area contributed by atoms with E-state index in [1.807, 2.05) is 37.3 Å². The van der Waals surface area contributed by atoms with Gasteiger partial charge in [0.05, 0.1) is 11.3 Å². The number of carbonyl (C=O) groups is 1. The minimum atomic E-state index is -0.123. The minimum absolute atomic E-state index is 0.123. The summed E-state index contributed by atoms with van der Waals surface area (Å²) >= 11 is 7.32. The highest BCUT2D eigenvalue weighted by atomic mass is 35.5. The molecule has 3 rings (SSSR count). The number of aryl methyl sites for hydroxylation is 1. The van der Waals surface area contributed by atoms with Crippen molar-refractivity contribution in [2.75, 3.05) is 11.1 Å². The van der Waals surface area contributed by atoms with Crippen molar-refractivity contribution in [3.8, 4) is 17.3 Å². The van der Waals surface area contributed by atoms with Crippen LogP contribution >= 0.6 is 23.4 Å². The summed E-state index contributed by atoms with van der Waals surface area (Å²) < 4.78 is 0. The molecule has 5 nitrogen and oxygen atoms in total. The number of benzene rings is 1. The van der Waals surface area contributed by atoms with Gasteiger partial charge in [0.25, 0.3) is 0 Å². The smallest absolute Gasteiger partial charge is 0.226 e. The van der Waals surface area contributed by atoms with Gasteiger partial charge < -0.3 is 5.32 Å². The van der Waals surface area contributed by atoms with Gasteiger partial charge in [-0.2, -0.15) is 5.26 Å². The van der Waals surface area contributed by atoms with Crippen molar-refractivity contribution in [1.29, 1.82) is 5.26 Å². The molecule has 1 aromatic carbocycles. The lowest BCUT2D eigenvalue weighted by Gasteiger charge is -2.08. The van der Waals surface area contributed by atoms with E-state index in [1.54, 1.807) is 24.4 Å². The SMILES string of the molecule is Cc1cccnc1NC(=O)CCSc1nc(-c2ccc(Cl)cc2)ccc1C#N. The summed E-state index contributed by atoms with van der Waals surface area (Å²) in [5, 5.41) is 13.4. The number of halogens is 1. The Bertz CT molecular complexity index is 1030. The van der Waals surface area contributed by atoms with Crippen LogP contribution < -0.4 is 5.32 Å². The molecule has 140 valence electrons. The number of anilines is 1. The molecule has 0 atom stereocenters. The van der Waals surface area contributed by atoms with E-state index >= 15 is 0 Å². The summed E-state index contributed by atoms with van der Waals surface area (Å²) in [7, 11) is 0. The van der Waals surface area contributed by atoms with Crippen LogP contribution in [-0.2, 0) is 4.79 Å². The van der Waals surface area contributed by atoms with Gasteiger partial charge >= 0.3 is 0 Å². The predicted molar refractivity (Wildman–Crippen MR) is 112 cm³/mol. The summed E-state index contributed by atoms with van der Waals surface area (Å²) in [5.74, 6) is 0.948. The Morgan fingerprint density at radius 2 is 2.00 bits per heavy atom. The van der Waals surface area contributed by atoms with Gasteiger partial charge in [-0.1, -0.05) is 29.8 Å². The normalized spacial score (nSPS) is 10.3. The Labute approximate surface area is 172 Å². The molecule has 28 heavy (non-hydrogen) atoms. The molecule has 1 amide bonds. The van der Waals surface area contributed by atoms with Crippen molar-refractivity contribution in [3.63, 3.8) is 0 Å². The van der Waals surface area contributed by atoms with Gasteiger partial charge in [-0.05, 0) is 42.8 Å². The molecule has 7 heteroatoms. The van der Waals surface area contributed by atoms with E-state index in [0.717, 1.165) is 16.8 Å². The maximum atomic E-state index is 12.2. The minimum Gasteiger partial charge on any atom is -0.310 e. The van der Waals surface area contributed by atoms with Crippen molar-refractivity contribution >= 4 is 35.1 Å².